The molecule has 0 aliphatic carbocycles. The average molecular weight is 288 g/mol. The SMILES string of the molecule is COc1cc(F)cc(C(O)C(O)CCSC(C)=O)c1. The van der Waals surface area contributed by atoms with Crippen LogP contribution in [0.4, 0.5) is 4.39 Å². The van der Waals surface area contributed by atoms with Gasteiger partial charge < -0.3 is 14.9 Å². The molecule has 0 aromatic heterocycles. The summed E-state index contributed by atoms with van der Waals surface area (Å²) in [7, 11) is 1.39. The summed E-state index contributed by atoms with van der Waals surface area (Å²) in [5, 5.41) is 19.7. The molecule has 1 aromatic carbocycles. The molecular formula is C13H17FO4S. The van der Waals surface area contributed by atoms with Crippen molar-refractivity contribution < 1.29 is 24.1 Å². The number of hydrogen-bond acceptors (Lipinski definition) is 5. The predicted octanol–water partition coefficient (Wildman–Crippen LogP) is 1.90. The molecule has 1 aromatic rings. The third kappa shape index (κ3) is 5.18. The van der Waals surface area contributed by atoms with Gasteiger partial charge in [-0.2, -0.15) is 0 Å². The van der Waals surface area contributed by atoms with E-state index in [1.165, 1.54) is 26.2 Å². The summed E-state index contributed by atoms with van der Waals surface area (Å²) in [4.78, 5) is 10.7. The summed E-state index contributed by atoms with van der Waals surface area (Å²) in [5.74, 6) is 0.137. The summed E-state index contributed by atoms with van der Waals surface area (Å²) in [5.41, 5.74) is 0.247. The van der Waals surface area contributed by atoms with Crippen molar-refractivity contribution in [3.63, 3.8) is 0 Å². The second-order valence-corrected chi connectivity index (χ2v) is 5.34. The van der Waals surface area contributed by atoms with Crippen LogP contribution >= 0.6 is 11.8 Å². The Kier molecular flexibility index (Phi) is 6.27. The minimum atomic E-state index is -1.21. The Hall–Kier alpha value is -1.11. The van der Waals surface area contributed by atoms with Crippen LogP contribution in [0.1, 0.15) is 25.0 Å². The van der Waals surface area contributed by atoms with Crippen molar-refractivity contribution in [3.05, 3.63) is 29.6 Å². The van der Waals surface area contributed by atoms with Crippen molar-refractivity contribution in [2.45, 2.75) is 25.6 Å². The van der Waals surface area contributed by atoms with Crippen molar-refractivity contribution in [2.24, 2.45) is 0 Å². The third-order valence-corrected chi connectivity index (χ3v) is 3.40. The lowest BCUT2D eigenvalue weighted by Gasteiger charge is -2.18. The number of carbonyl (C=O) groups excluding carboxylic acids is 1. The van der Waals surface area contributed by atoms with E-state index in [4.69, 9.17) is 4.74 Å². The number of halogens is 1. The van der Waals surface area contributed by atoms with E-state index >= 15 is 0 Å². The minimum absolute atomic E-state index is 0.0471. The first-order valence-corrected chi connectivity index (χ1v) is 6.76. The zero-order valence-corrected chi connectivity index (χ0v) is 11.6. The maximum absolute atomic E-state index is 13.3. The number of benzene rings is 1. The lowest BCUT2D eigenvalue weighted by atomic mass is 10.0. The molecular weight excluding hydrogens is 271 g/mol. The molecule has 106 valence electrons. The molecule has 4 nitrogen and oxygen atoms in total. The van der Waals surface area contributed by atoms with Gasteiger partial charge >= 0.3 is 0 Å². The average Bonchev–Trinajstić information content (AvgIpc) is 2.36. The van der Waals surface area contributed by atoms with Crippen molar-refractivity contribution in [3.8, 4) is 5.75 Å². The molecule has 19 heavy (non-hydrogen) atoms. The molecule has 0 radical (unpaired) electrons. The fourth-order valence-corrected chi connectivity index (χ4v) is 2.22. The zero-order valence-electron chi connectivity index (χ0n) is 10.8. The van der Waals surface area contributed by atoms with E-state index in [9.17, 15) is 19.4 Å². The number of hydrogen-bond donors (Lipinski definition) is 2. The molecule has 0 aliphatic rings. The van der Waals surface area contributed by atoms with Crippen LogP contribution in [0.15, 0.2) is 18.2 Å². The number of rotatable bonds is 6. The molecule has 1 rings (SSSR count). The van der Waals surface area contributed by atoms with Gasteiger partial charge in [-0.15, -0.1) is 0 Å². The summed E-state index contributed by atoms with van der Waals surface area (Å²) < 4.78 is 18.2. The van der Waals surface area contributed by atoms with Crippen LogP contribution in [0.3, 0.4) is 0 Å². The van der Waals surface area contributed by atoms with Crippen LogP contribution < -0.4 is 4.74 Å². The van der Waals surface area contributed by atoms with Crippen LogP contribution in [-0.2, 0) is 4.79 Å². The van der Waals surface area contributed by atoms with Gasteiger partial charge in [0.15, 0.2) is 5.12 Å². The number of ether oxygens (including phenoxy) is 1. The number of methoxy groups -OCH3 is 1. The largest absolute Gasteiger partial charge is 0.497 e. The Morgan fingerprint density at radius 1 is 1.42 bits per heavy atom. The molecule has 0 heterocycles. The quantitative estimate of drug-likeness (QED) is 0.837. The lowest BCUT2D eigenvalue weighted by molar-refractivity contribution is -0.109. The van der Waals surface area contributed by atoms with E-state index in [0.29, 0.717) is 5.75 Å². The maximum Gasteiger partial charge on any atom is 0.185 e. The summed E-state index contributed by atoms with van der Waals surface area (Å²) in [6, 6.07) is 3.80. The van der Waals surface area contributed by atoms with Gasteiger partial charge in [-0.25, -0.2) is 4.39 Å². The molecule has 6 heteroatoms. The Labute approximate surface area is 115 Å². The first-order valence-electron chi connectivity index (χ1n) is 5.78. The highest BCUT2D eigenvalue weighted by molar-refractivity contribution is 8.13. The molecule has 0 saturated heterocycles. The predicted molar refractivity (Wildman–Crippen MR) is 71.7 cm³/mol. The zero-order chi connectivity index (χ0) is 14.4. The maximum atomic E-state index is 13.3. The van der Waals surface area contributed by atoms with Gasteiger partial charge in [-0.3, -0.25) is 4.79 Å². The van der Waals surface area contributed by atoms with Gasteiger partial charge in [-0.1, -0.05) is 11.8 Å². The van der Waals surface area contributed by atoms with E-state index in [1.54, 1.807) is 0 Å². The highest BCUT2D eigenvalue weighted by Crippen LogP contribution is 2.25. The molecule has 0 saturated carbocycles. The Bertz CT molecular complexity index is 439. The first kappa shape index (κ1) is 15.9. The van der Waals surface area contributed by atoms with Crippen LogP contribution in [0.2, 0.25) is 0 Å². The standard InChI is InChI=1S/C13H17FO4S/c1-8(15)19-4-3-12(16)13(17)9-5-10(14)7-11(6-9)18-2/h5-7,12-13,16-17H,3-4H2,1-2H3. The third-order valence-electron chi connectivity index (χ3n) is 2.55. The van der Waals surface area contributed by atoms with Crippen LogP contribution in [0.5, 0.6) is 5.75 Å². The first-order chi connectivity index (χ1) is 8.93. The van der Waals surface area contributed by atoms with Gasteiger partial charge in [-0.05, 0) is 24.1 Å². The van der Waals surface area contributed by atoms with Crippen LogP contribution in [0.25, 0.3) is 0 Å². The van der Waals surface area contributed by atoms with Crippen molar-refractivity contribution in [2.75, 3.05) is 12.9 Å². The Morgan fingerprint density at radius 3 is 2.68 bits per heavy atom. The van der Waals surface area contributed by atoms with Crippen LogP contribution in [0, 0.1) is 5.82 Å². The molecule has 0 bridgehead atoms. The summed E-state index contributed by atoms with van der Waals surface area (Å²) >= 11 is 1.07. The fraction of sp³-hybridized carbons (Fsp3) is 0.462. The second kappa shape index (κ2) is 7.47. The van der Waals surface area contributed by atoms with E-state index in [1.807, 2.05) is 0 Å². The van der Waals surface area contributed by atoms with Crippen LogP contribution in [-0.4, -0.2) is 34.3 Å². The number of carbonyl (C=O) groups is 1. The van der Waals surface area contributed by atoms with E-state index in [2.05, 4.69) is 0 Å². The van der Waals surface area contributed by atoms with E-state index in [-0.39, 0.29) is 22.8 Å². The molecule has 0 fully saturated rings. The Balaban J connectivity index is 2.67. The second-order valence-electron chi connectivity index (χ2n) is 4.07. The van der Waals surface area contributed by atoms with Crippen molar-refractivity contribution in [1.29, 1.82) is 0 Å². The van der Waals surface area contributed by atoms with Gasteiger partial charge in [0.25, 0.3) is 0 Å². The van der Waals surface area contributed by atoms with Gasteiger partial charge in [0, 0.05) is 18.7 Å². The fourth-order valence-electron chi connectivity index (χ4n) is 1.58. The summed E-state index contributed by atoms with van der Waals surface area (Å²) in [6.07, 6.45) is -2.03. The smallest absolute Gasteiger partial charge is 0.185 e. The molecule has 0 amide bonds. The van der Waals surface area contributed by atoms with Gasteiger partial charge in [0.1, 0.15) is 17.7 Å². The molecule has 2 atom stereocenters. The number of aliphatic hydroxyl groups is 2. The van der Waals surface area contributed by atoms with E-state index in [0.717, 1.165) is 17.8 Å². The molecule has 2 N–H and O–H groups in total. The van der Waals surface area contributed by atoms with Gasteiger partial charge in [0.05, 0.1) is 13.2 Å². The summed E-state index contributed by atoms with van der Waals surface area (Å²) in [6.45, 7) is 1.44. The lowest BCUT2D eigenvalue weighted by Crippen LogP contribution is -2.19. The normalized spacial score (nSPS) is 13.9. The van der Waals surface area contributed by atoms with Crippen molar-refractivity contribution >= 4 is 16.9 Å². The molecule has 0 spiro atoms. The highest BCUT2D eigenvalue weighted by Gasteiger charge is 2.19. The van der Waals surface area contributed by atoms with Crippen molar-refractivity contribution in [1.82, 2.24) is 0 Å². The van der Waals surface area contributed by atoms with E-state index < -0.39 is 18.0 Å². The highest BCUT2D eigenvalue weighted by atomic mass is 32.2. The number of thioether (sulfide) groups is 1. The molecule has 0 aliphatic heterocycles. The number of aliphatic hydroxyl groups excluding tert-OH is 2. The molecule has 2 unspecified atom stereocenters. The van der Waals surface area contributed by atoms with Gasteiger partial charge in [0.2, 0.25) is 0 Å². The Morgan fingerprint density at radius 2 is 2.11 bits per heavy atom. The topological polar surface area (TPSA) is 66.8 Å². The minimum Gasteiger partial charge on any atom is -0.497 e. The monoisotopic (exact) mass is 288 g/mol.